The van der Waals surface area contributed by atoms with Crippen LogP contribution in [0.25, 0.3) is 0 Å². The maximum atomic E-state index is 13.3. The molecule has 2 aliphatic rings. The summed E-state index contributed by atoms with van der Waals surface area (Å²) in [7, 11) is 0. The van der Waals surface area contributed by atoms with Crippen LogP contribution in [0.2, 0.25) is 0 Å². The summed E-state index contributed by atoms with van der Waals surface area (Å²) in [5, 5.41) is 87.2. The SMILES string of the molecule is CC/C=C\C/C=C\C/C=C\C/C=C\CCCCCCCCC(=O)NC(COC1OC(CO)C(OC2OC(CO)C(O)C(O)C2O)C(O)C1O)C(O)/C=C/CCCCCCCCCCCCCCCCCCCCCCC. The van der Waals surface area contributed by atoms with E-state index in [4.69, 9.17) is 18.9 Å². The summed E-state index contributed by atoms with van der Waals surface area (Å²) in [6.07, 6.45) is 44.0. The minimum Gasteiger partial charge on any atom is -0.394 e. The first kappa shape index (κ1) is 69.8. The Morgan fingerprint density at radius 1 is 0.487 bits per heavy atom. The molecule has 14 nitrogen and oxygen atoms in total. The highest BCUT2D eigenvalue weighted by Gasteiger charge is 2.51. The van der Waals surface area contributed by atoms with Crippen molar-refractivity contribution in [2.45, 2.75) is 306 Å². The monoisotopic (exact) mass is 1080 g/mol. The highest BCUT2D eigenvalue weighted by molar-refractivity contribution is 5.76. The van der Waals surface area contributed by atoms with Crippen molar-refractivity contribution in [3.63, 3.8) is 0 Å². The lowest BCUT2D eigenvalue weighted by molar-refractivity contribution is -0.359. The van der Waals surface area contributed by atoms with Crippen LogP contribution >= 0.6 is 0 Å². The molecule has 2 heterocycles. The van der Waals surface area contributed by atoms with E-state index >= 15 is 0 Å². The van der Waals surface area contributed by atoms with Crippen LogP contribution in [0, 0.1) is 0 Å². The highest BCUT2D eigenvalue weighted by atomic mass is 16.7. The standard InChI is InChI=1S/C62H111NO13/c1-3-5-7-9-11-13-15-17-19-21-23-24-25-26-28-29-31-33-35-37-39-41-43-45-51(66)50(63-54(67)46-44-42-40-38-36-34-32-30-27-22-20-18-16-14-12-10-8-6-4-2)49-73-61-59(72)57(70)60(53(48-65)75-61)76-62-58(71)56(69)55(68)52(47-64)74-62/h6,8,12,14,18,20,27,30,43,45,50-53,55-62,64-66,68-72H,3-5,7,9-11,13,15-17,19,21-26,28-29,31-42,44,46-49H2,1-2H3,(H,63,67)/b8-6-,14-12-,20-18-,30-27-,45-43+. The Kier molecular flexibility index (Phi) is 43.6. The molecule has 0 saturated carbocycles. The van der Waals surface area contributed by atoms with Gasteiger partial charge in [0.2, 0.25) is 5.91 Å². The smallest absolute Gasteiger partial charge is 0.220 e. The summed E-state index contributed by atoms with van der Waals surface area (Å²) in [4.78, 5) is 13.3. The molecule has 12 unspecified atom stereocenters. The number of unbranched alkanes of at least 4 members (excludes halogenated alkanes) is 27. The van der Waals surface area contributed by atoms with Gasteiger partial charge in [-0.2, -0.15) is 0 Å². The van der Waals surface area contributed by atoms with Crippen molar-refractivity contribution in [1.82, 2.24) is 5.32 Å². The lowest BCUT2D eigenvalue weighted by Crippen LogP contribution is -2.65. The normalized spacial score (nSPS) is 25.3. The van der Waals surface area contributed by atoms with Gasteiger partial charge in [-0.3, -0.25) is 4.79 Å². The summed E-state index contributed by atoms with van der Waals surface area (Å²) in [6, 6.07) is -0.926. The van der Waals surface area contributed by atoms with E-state index in [0.717, 1.165) is 83.5 Å². The minimum absolute atomic E-state index is 0.254. The van der Waals surface area contributed by atoms with Gasteiger partial charge >= 0.3 is 0 Å². The second-order valence-corrected chi connectivity index (χ2v) is 21.5. The molecule has 2 fully saturated rings. The van der Waals surface area contributed by atoms with Crippen LogP contribution < -0.4 is 5.32 Å². The van der Waals surface area contributed by atoms with Crippen molar-refractivity contribution in [3.8, 4) is 0 Å². The van der Waals surface area contributed by atoms with Crippen LogP contribution in [0.4, 0.5) is 0 Å². The van der Waals surface area contributed by atoms with Gasteiger partial charge in [0.1, 0.15) is 48.8 Å². The number of carbonyl (C=O) groups is 1. The van der Waals surface area contributed by atoms with Gasteiger partial charge in [-0.15, -0.1) is 0 Å². The molecule has 12 atom stereocenters. The van der Waals surface area contributed by atoms with Gasteiger partial charge in [0.25, 0.3) is 0 Å². The number of aliphatic hydroxyl groups excluding tert-OH is 8. The summed E-state index contributed by atoms with van der Waals surface area (Å²) < 4.78 is 22.8. The molecule has 0 aliphatic carbocycles. The number of aliphatic hydroxyl groups is 8. The van der Waals surface area contributed by atoms with Gasteiger partial charge in [0.05, 0.1) is 32.0 Å². The van der Waals surface area contributed by atoms with Crippen LogP contribution in [-0.2, 0) is 23.7 Å². The Morgan fingerprint density at radius 3 is 1.39 bits per heavy atom. The zero-order valence-corrected chi connectivity index (χ0v) is 47.5. The van der Waals surface area contributed by atoms with E-state index in [1.807, 2.05) is 6.08 Å². The number of nitrogens with one attached hydrogen (secondary N) is 1. The second kappa shape index (κ2) is 47.5. The van der Waals surface area contributed by atoms with Gasteiger partial charge < -0.3 is 65.1 Å². The zero-order chi connectivity index (χ0) is 55.3. The molecule has 1 amide bonds. The molecular formula is C62H111NO13. The van der Waals surface area contributed by atoms with Gasteiger partial charge in [0, 0.05) is 6.42 Å². The van der Waals surface area contributed by atoms with Gasteiger partial charge in [-0.1, -0.05) is 229 Å². The first-order valence-electron chi connectivity index (χ1n) is 30.5. The van der Waals surface area contributed by atoms with Crippen molar-refractivity contribution in [2.24, 2.45) is 0 Å². The summed E-state index contributed by atoms with van der Waals surface area (Å²) >= 11 is 0. The minimum atomic E-state index is -1.79. The summed E-state index contributed by atoms with van der Waals surface area (Å²) in [5.74, 6) is -0.254. The number of hydrogen-bond acceptors (Lipinski definition) is 13. The van der Waals surface area contributed by atoms with Crippen LogP contribution in [0.3, 0.4) is 0 Å². The van der Waals surface area contributed by atoms with Crippen molar-refractivity contribution in [1.29, 1.82) is 0 Å². The van der Waals surface area contributed by atoms with Crippen LogP contribution in [0.15, 0.2) is 60.8 Å². The number of hydrogen-bond donors (Lipinski definition) is 9. The Morgan fingerprint density at radius 2 is 0.908 bits per heavy atom. The van der Waals surface area contributed by atoms with E-state index in [-0.39, 0.29) is 18.9 Å². The molecule has 0 aromatic rings. The zero-order valence-electron chi connectivity index (χ0n) is 47.5. The number of ether oxygens (including phenoxy) is 4. The van der Waals surface area contributed by atoms with Gasteiger partial charge in [-0.25, -0.2) is 0 Å². The molecule has 9 N–H and O–H groups in total. The van der Waals surface area contributed by atoms with E-state index in [1.54, 1.807) is 6.08 Å². The molecule has 0 spiro atoms. The third kappa shape index (κ3) is 32.7. The van der Waals surface area contributed by atoms with Crippen LogP contribution in [0.5, 0.6) is 0 Å². The van der Waals surface area contributed by atoms with Gasteiger partial charge in [0.15, 0.2) is 12.6 Å². The molecular weight excluding hydrogens is 967 g/mol. The van der Waals surface area contributed by atoms with Crippen molar-refractivity contribution < 1.29 is 64.6 Å². The molecule has 76 heavy (non-hydrogen) atoms. The first-order chi connectivity index (χ1) is 37.1. The van der Waals surface area contributed by atoms with E-state index in [0.29, 0.717) is 6.42 Å². The Hall–Kier alpha value is -2.31. The Balaban J connectivity index is 1.77. The maximum absolute atomic E-state index is 13.3. The average Bonchev–Trinajstić information content (AvgIpc) is 3.42. The summed E-state index contributed by atoms with van der Waals surface area (Å²) in [5.41, 5.74) is 0. The first-order valence-corrected chi connectivity index (χ1v) is 30.5. The largest absolute Gasteiger partial charge is 0.394 e. The average molecular weight is 1080 g/mol. The quantitative estimate of drug-likeness (QED) is 0.0204. The fraction of sp³-hybridized carbons (Fsp3) is 0.823. The Labute approximate surface area is 460 Å². The van der Waals surface area contributed by atoms with Crippen molar-refractivity contribution >= 4 is 5.91 Å². The molecule has 0 bridgehead atoms. The molecule has 2 saturated heterocycles. The molecule has 0 aromatic carbocycles. The maximum Gasteiger partial charge on any atom is 0.220 e. The molecule has 0 radical (unpaired) electrons. The number of amides is 1. The van der Waals surface area contributed by atoms with Gasteiger partial charge in [-0.05, 0) is 57.8 Å². The predicted molar refractivity (Wildman–Crippen MR) is 304 cm³/mol. The summed E-state index contributed by atoms with van der Waals surface area (Å²) in [6.45, 7) is 2.69. The Bertz CT molecular complexity index is 1510. The molecule has 2 rings (SSSR count). The molecule has 0 aromatic heterocycles. The lowest BCUT2D eigenvalue weighted by Gasteiger charge is -2.46. The number of carbonyl (C=O) groups excluding carboxylic acids is 1. The lowest BCUT2D eigenvalue weighted by atomic mass is 9.97. The topological polar surface area (TPSA) is 228 Å². The van der Waals surface area contributed by atoms with Crippen LogP contribution in [0.1, 0.15) is 232 Å². The fourth-order valence-corrected chi connectivity index (χ4v) is 9.81. The van der Waals surface area contributed by atoms with E-state index < -0.39 is 86.8 Å². The molecule has 442 valence electrons. The highest BCUT2D eigenvalue weighted by Crippen LogP contribution is 2.30. The fourth-order valence-electron chi connectivity index (χ4n) is 9.81. The van der Waals surface area contributed by atoms with E-state index in [9.17, 15) is 45.6 Å². The molecule has 14 heteroatoms. The van der Waals surface area contributed by atoms with Crippen molar-refractivity contribution in [2.75, 3.05) is 19.8 Å². The van der Waals surface area contributed by atoms with E-state index in [1.165, 1.54) is 122 Å². The van der Waals surface area contributed by atoms with Crippen LogP contribution in [-0.4, -0.2) is 140 Å². The van der Waals surface area contributed by atoms with Crippen molar-refractivity contribution in [3.05, 3.63) is 60.8 Å². The number of allylic oxidation sites excluding steroid dienone is 9. The molecule has 2 aliphatic heterocycles. The third-order valence-electron chi connectivity index (χ3n) is 14.7. The third-order valence-corrected chi connectivity index (χ3v) is 14.7. The predicted octanol–water partition coefficient (Wildman–Crippen LogP) is 10.6. The second-order valence-electron chi connectivity index (χ2n) is 21.5. The number of rotatable bonds is 48. The van der Waals surface area contributed by atoms with E-state index in [2.05, 4.69) is 67.8 Å².